The van der Waals surface area contributed by atoms with Crippen molar-refractivity contribution in [2.75, 3.05) is 12.3 Å². The van der Waals surface area contributed by atoms with Gasteiger partial charge in [-0.05, 0) is 31.7 Å². The molecule has 0 aliphatic rings. The molecule has 1 heterocycles. The molecule has 192 valence electrons. The van der Waals surface area contributed by atoms with Crippen LogP contribution >= 0.6 is 12.6 Å². The second-order valence-electron chi connectivity index (χ2n) is 8.51. The number of H-pyrrole nitrogens is 1. The van der Waals surface area contributed by atoms with E-state index in [1.807, 2.05) is 13.8 Å². The number of carbonyl (C=O) groups is 4. The van der Waals surface area contributed by atoms with Crippen LogP contribution in [-0.2, 0) is 25.6 Å². The molecular formula is C21H37N7O5S. The zero-order chi connectivity index (χ0) is 25.7. The molecule has 0 saturated carbocycles. The van der Waals surface area contributed by atoms with Crippen LogP contribution in [0, 0.1) is 5.92 Å². The molecule has 3 amide bonds. The van der Waals surface area contributed by atoms with Crippen LogP contribution in [0.5, 0.6) is 0 Å². The first-order chi connectivity index (χ1) is 16.1. The fraction of sp³-hybridized carbons (Fsp3) is 0.667. The van der Waals surface area contributed by atoms with E-state index in [1.54, 1.807) is 0 Å². The minimum absolute atomic E-state index is 0.0203. The smallest absolute Gasteiger partial charge is 0.327 e. The molecule has 0 radical (unpaired) electrons. The Labute approximate surface area is 204 Å². The number of unbranched alkanes of at least 4 members (excludes halogenated alkanes) is 1. The number of nitrogens with one attached hydrogen (secondary N) is 4. The number of hydrogen-bond donors (Lipinski definition) is 8. The summed E-state index contributed by atoms with van der Waals surface area (Å²) in [7, 11) is 0. The lowest BCUT2D eigenvalue weighted by atomic mass is 10.0. The SMILES string of the molecule is CC(C)CC(NC(=O)C(Cc1cnc[nH]1)NC(=O)C(N)CCCCN)C(=O)NC(CS)C(=O)O. The van der Waals surface area contributed by atoms with E-state index in [2.05, 4.69) is 38.5 Å². The van der Waals surface area contributed by atoms with Crippen LogP contribution in [-0.4, -0.2) is 75.2 Å². The minimum atomic E-state index is -1.23. The van der Waals surface area contributed by atoms with Crippen molar-refractivity contribution >= 4 is 36.3 Å². The third-order valence-corrected chi connectivity index (χ3v) is 5.42. The van der Waals surface area contributed by atoms with Gasteiger partial charge in [0.1, 0.15) is 18.1 Å². The summed E-state index contributed by atoms with van der Waals surface area (Å²) in [4.78, 5) is 56.6. The number of aromatic amines is 1. The van der Waals surface area contributed by atoms with Gasteiger partial charge in [0.25, 0.3) is 0 Å². The van der Waals surface area contributed by atoms with Gasteiger partial charge in [-0.1, -0.05) is 20.3 Å². The molecule has 0 aromatic carbocycles. The molecule has 0 spiro atoms. The number of carboxylic acid groups (broad SMARTS) is 1. The Bertz CT molecular complexity index is 790. The first-order valence-electron chi connectivity index (χ1n) is 11.3. The van der Waals surface area contributed by atoms with E-state index < -0.39 is 47.9 Å². The monoisotopic (exact) mass is 499 g/mol. The van der Waals surface area contributed by atoms with Crippen LogP contribution in [0.4, 0.5) is 0 Å². The van der Waals surface area contributed by atoms with Crippen molar-refractivity contribution in [3.05, 3.63) is 18.2 Å². The fourth-order valence-corrected chi connectivity index (χ4v) is 3.42. The molecule has 0 saturated heterocycles. The standard InChI is InChI=1S/C21H37N7O5S/c1-12(2)7-15(19(30)28-17(10-34)21(32)33)27-20(31)16(8-13-9-24-11-25-13)26-18(29)14(23)5-3-4-6-22/h9,11-12,14-17,34H,3-8,10,22-23H2,1-2H3,(H,24,25)(H,26,29)(H,27,31)(H,28,30)(H,32,33). The van der Waals surface area contributed by atoms with Crippen molar-refractivity contribution in [3.63, 3.8) is 0 Å². The van der Waals surface area contributed by atoms with Gasteiger partial charge in [0.15, 0.2) is 0 Å². The number of aliphatic carboxylic acids is 1. The van der Waals surface area contributed by atoms with Gasteiger partial charge in [-0.15, -0.1) is 0 Å². The van der Waals surface area contributed by atoms with Crippen molar-refractivity contribution in [3.8, 4) is 0 Å². The van der Waals surface area contributed by atoms with Crippen molar-refractivity contribution < 1.29 is 24.3 Å². The number of carboxylic acids is 1. The lowest BCUT2D eigenvalue weighted by Gasteiger charge is -2.25. The van der Waals surface area contributed by atoms with E-state index in [1.165, 1.54) is 12.5 Å². The van der Waals surface area contributed by atoms with Gasteiger partial charge in [-0.3, -0.25) is 14.4 Å². The average molecular weight is 500 g/mol. The lowest BCUT2D eigenvalue weighted by molar-refractivity contribution is -0.141. The molecule has 13 heteroatoms. The zero-order valence-corrected chi connectivity index (χ0v) is 20.5. The predicted octanol–water partition coefficient (Wildman–Crippen LogP) is -1.08. The number of amides is 3. The maximum Gasteiger partial charge on any atom is 0.327 e. The minimum Gasteiger partial charge on any atom is -0.480 e. The maximum absolute atomic E-state index is 13.1. The Hall–Kier alpha value is -2.64. The van der Waals surface area contributed by atoms with Crippen LogP contribution < -0.4 is 27.4 Å². The first-order valence-corrected chi connectivity index (χ1v) is 11.9. The van der Waals surface area contributed by atoms with E-state index in [0.29, 0.717) is 25.1 Å². The summed E-state index contributed by atoms with van der Waals surface area (Å²) < 4.78 is 0. The molecule has 0 fully saturated rings. The molecule has 12 nitrogen and oxygen atoms in total. The second-order valence-corrected chi connectivity index (χ2v) is 8.87. The van der Waals surface area contributed by atoms with Crippen molar-refractivity contribution in [1.29, 1.82) is 0 Å². The third kappa shape index (κ3) is 10.5. The van der Waals surface area contributed by atoms with E-state index in [0.717, 1.165) is 6.42 Å². The van der Waals surface area contributed by atoms with Crippen LogP contribution in [0.25, 0.3) is 0 Å². The third-order valence-electron chi connectivity index (χ3n) is 5.06. The molecule has 1 aromatic heterocycles. The average Bonchev–Trinajstić information content (AvgIpc) is 3.28. The number of imidazole rings is 1. The van der Waals surface area contributed by atoms with Gasteiger partial charge in [0, 0.05) is 24.1 Å². The fourth-order valence-electron chi connectivity index (χ4n) is 3.18. The van der Waals surface area contributed by atoms with Crippen molar-refractivity contribution in [1.82, 2.24) is 25.9 Å². The Balaban J connectivity index is 2.97. The number of hydrogen-bond acceptors (Lipinski definition) is 8. The number of nitrogens with two attached hydrogens (primary N) is 2. The molecular weight excluding hydrogens is 462 g/mol. The molecule has 0 aliphatic heterocycles. The topological polar surface area (TPSA) is 205 Å². The molecule has 0 bridgehead atoms. The molecule has 4 unspecified atom stereocenters. The number of aromatic nitrogens is 2. The number of carbonyl (C=O) groups excluding carboxylic acids is 3. The maximum atomic E-state index is 13.1. The summed E-state index contributed by atoms with van der Waals surface area (Å²) >= 11 is 3.95. The number of rotatable bonds is 16. The highest BCUT2D eigenvalue weighted by Crippen LogP contribution is 2.08. The van der Waals surface area contributed by atoms with Crippen LogP contribution in [0.1, 0.15) is 45.2 Å². The first kappa shape index (κ1) is 29.4. The lowest BCUT2D eigenvalue weighted by Crippen LogP contribution is -2.58. The van der Waals surface area contributed by atoms with Gasteiger partial charge in [-0.25, -0.2) is 9.78 Å². The van der Waals surface area contributed by atoms with E-state index in [4.69, 9.17) is 11.5 Å². The molecule has 0 aliphatic carbocycles. The van der Waals surface area contributed by atoms with Gasteiger partial charge >= 0.3 is 5.97 Å². The van der Waals surface area contributed by atoms with Crippen LogP contribution in [0.3, 0.4) is 0 Å². The number of nitrogens with zero attached hydrogens (tertiary/aromatic N) is 1. The molecule has 1 rings (SSSR count). The summed E-state index contributed by atoms with van der Waals surface area (Å²) in [6, 6.07) is -4.05. The quantitative estimate of drug-likeness (QED) is 0.103. The summed E-state index contributed by atoms with van der Waals surface area (Å²) in [6.07, 6.45) is 5.15. The highest BCUT2D eigenvalue weighted by Gasteiger charge is 2.30. The molecule has 1 aromatic rings. The molecule has 9 N–H and O–H groups in total. The van der Waals surface area contributed by atoms with Crippen LogP contribution in [0.15, 0.2) is 12.5 Å². The van der Waals surface area contributed by atoms with Crippen molar-refractivity contribution in [2.24, 2.45) is 17.4 Å². The normalized spacial score (nSPS) is 14.6. The Kier molecular flexibility index (Phi) is 13.2. The largest absolute Gasteiger partial charge is 0.480 e. The summed E-state index contributed by atoms with van der Waals surface area (Å²) in [6.45, 7) is 4.22. The molecule has 4 atom stereocenters. The van der Waals surface area contributed by atoms with Crippen molar-refractivity contribution in [2.45, 2.75) is 70.1 Å². The van der Waals surface area contributed by atoms with Gasteiger partial charge < -0.3 is 37.5 Å². The zero-order valence-electron chi connectivity index (χ0n) is 19.6. The van der Waals surface area contributed by atoms with E-state index in [-0.39, 0.29) is 24.5 Å². The van der Waals surface area contributed by atoms with Gasteiger partial charge in [-0.2, -0.15) is 12.6 Å². The Morgan fingerprint density at radius 3 is 2.21 bits per heavy atom. The predicted molar refractivity (Wildman–Crippen MR) is 130 cm³/mol. The van der Waals surface area contributed by atoms with Crippen LogP contribution in [0.2, 0.25) is 0 Å². The second kappa shape index (κ2) is 15.3. The Morgan fingerprint density at radius 2 is 1.68 bits per heavy atom. The summed E-state index contributed by atoms with van der Waals surface area (Å²) in [5.41, 5.74) is 12.0. The van der Waals surface area contributed by atoms with E-state index >= 15 is 0 Å². The summed E-state index contributed by atoms with van der Waals surface area (Å²) in [5, 5.41) is 16.9. The number of thiol groups is 1. The Morgan fingerprint density at radius 1 is 1.06 bits per heavy atom. The molecule has 34 heavy (non-hydrogen) atoms. The highest BCUT2D eigenvalue weighted by atomic mass is 32.1. The van der Waals surface area contributed by atoms with Gasteiger partial charge in [0.05, 0.1) is 12.4 Å². The van der Waals surface area contributed by atoms with Gasteiger partial charge in [0.2, 0.25) is 17.7 Å². The van der Waals surface area contributed by atoms with E-state index in [9.17, 15) is 24.3 Å². The highest BCUT2D eigenvalue weighted by molar-refractivity contribution is 7.80. The summed E-state index contributed by atoms with van der Waals surface area (Å²) in [5.74, 6) is -3.06.